The average Bonchev–Trinajstić information content (AvgIpc) is 3.25. The van der Waals surface area contributed by atoms with Gasteiger partial charge >= 0.3 is 0 Å². The second-order valence-corrected chi connectivity index (χ2v) is 7.31. The van der Waals surface area contributed by atoms with Crippen molar-refractivity contribution in [3.8, 4) is 5.75 Å². The summed E-state index contributed by atoms with van der Waals surface area (Å²) in [5.41, 5.74) is 2.88. The molecule has 0 radical (unpaired) electrons. The highest BCUT2D eigenvalue weighted by atomic mass is 16.3. The van der Waals surface area contributed by atoms with Crippen molar-refractivity contribution < 1.29 is 14.7 Å². The highest BCUT2D eigenvalue weighted by molar-refractivity contribution is 6.03. The van der Waals surface area contributed by atoms with Gasteiger partial charge in [0.25, 0.3) is 0 Å². The smallest absolute Gasteiger partial charge is 0.229 e. The largest absolute Gasteiger partial charge is 0.508 e. The predicted octanol–water partition coefficient (Wildman–Crippen LogP) is 2.91. The van der Waals surface area contributed by atoms with Gasteiger partial charge in [-0.05, 0) is 42.3 Å². The Labute approximate surface area is 163 Å². The van der Waals surface area contributed by atoms with Crippen LogP contribution in [-0.4, -0.2) is 39.5 Å². The van der Waals surface area contributed by atoms with Gasteiger partial charge in [0.2, 0.25) is 11.8 Å². The van der Waals surface area contributed by atoms with Gasteiger partial charge < -0.3 is 19.9 Å². The molecule has 3 aromatic rings. The normalized spacial score (nSPS) is 16.7. The first-order valence-corrected chi connectivity index (χ1v) is 9.42. The number of likely N-dealkylation sites (tertiary alicyclic amines) is 1. The first-order valence-electron chi connectivity index (χ1n) is 9.42. The van der Waals surface area contributed by atoms with Gasteiger partial charge in [0, 0.05) is 43.7 Å². The van der Waals surface area contributed by atoms with E-state index >= 15 is 0 Å². The van der Waals surface area contributed by atoms with Crippen molar-refractivity contribution in [1.29, 1.82) is 0 Å². The Morgan fingerprint density at radius 1 is 1.18 bits per heavy atom. The van der Waals surface area contributed by atoms with Crippen LogP contribution in [0.2, 0.25) is 0 Å². The molecule has 1 saturated heterocycles. The quantitative estimate of drug-likeness (QED) is 0.718. The number of aryl methyl sites for hydroxylation is 1. The molecule has 4 rings (SSSR count). The number of aromatic nitrogens is 1. The lowest BCUT2D eigenvalue weighted by molar-refractivity contribution is -0.128. The third kappa shape index (κ3) is 3.58. The molecular weight excluding hydrogens is 354 g/mol. The van der Waals surface area contributed by atoms with Crippen molar-refractivity contribution >= 4 is 28.4 Å². The molecule has 1 aliphatic rings. The van der Waals surface area contributed by atoms with E-state index in [1.54, 1.807) is 17.0 Å². The van der Waals surface area contributed by atoms with Crippen molar-refractivity contribution in [2.45, 2.75) is 12.8 Å². The number of phenolic OH excluding ortho intramolecular Hbond substituents is 1. The van der Waals surface area contributed by atoms with E-state index < -0.39 is 0 Å². The lowest BCUT2D eigenvalue weighted by Crippen LogP contribution is -2.30. The summed E-state index contributed by atoms with van der Waals surface area (Å²) in [6.07, 6.45) is 2.90. The van der Waals surface area contributed by atoms with E-state index in [0.29, 0.717) is 19.5 Å². The minimum atomic E-state index is -0.341. The summed E-state index contributed by atoms with van der Waals surface area (Å²) >= 11 is 0. The van der Waals surface area contributed by atoms with Gasteiger partial charge in [-0.25, -0.2) is 0 Å². The van der Waals surface area contributed by atoms with Crippen LogP contribution >= 0.6 is 0 Å². The minimum Gasteiger partial charge on any atom is -0.508 e. The summed E-state index contributed by atoms with van der Waals surface area (Å²) in [5.74, 6) is -0.217. The molecule has 28 heavy (non-hydrogen) atoms. The van der Waals surface area contributed by atoms with E-state index in [2.05, 4.69) is 5.32 Å². The topological polar surface area (TPSA) is 74.6 Å². The van der Waals surface area contributed by atoms with Crippen LogP contribution in [0.25, 0.3) is 10.9 Å². The van der Waals surface area contributed by atoms with E-state index in [1.807, 2.05) is 54.2 Å². The van der Waals surface area contributed by atoms with Gasteiger partial charge in [0.15, 0.2) is 0 Å². The number of hydrogen-bond acceptors (Lipinski definition) is 3. The van der Waals surface area contributed by atoms with Crippen LogP contribution in [-0.2, 0) is 23.1 Å². The number of carbonyl (C=O) groups is 2. The summed E-state index contributed by atoms with van der Waals surface area (Å²) in [6, 6.07) is 14.8. The molecule has 2 amide bonds. The van der Waals surface area contributed by atoms with Crippen molar-refractivity contribution in [1.82, 2.24) is 9.47 Å². The number of nitrogens with zero attached hydrogens (tertiary/aromatic N) is 2. The first kappa shape index (κ1) is 18.1. The van der Waals surface area contributed by atoms with Crippen molar-refractivity contribution in [3.63, 3.8) is 0 Å². The van der Waals surface area contributed by atoms with Crippen LogP contribution in [0.4, 0.5) is 5.69 Å². The van der Waals surface area contributed by atoms with Gasteiger partial charge in [-0.1, -0.05) is 18.2 Å². The molecule has 0 spiro atoms. The number of phenols is 1. The SMILES string of the molecule is Cn1ccc2c(NC(=O)[C@@H]3CC(=O)N(CCc4ccc(O)cc4)C3)cccc21. The Bertz CT molecular complexity index is 1020. The second kappa shape index (κ2) is 7.38. The van der Waals surface area contributed by atoms with Crippen LogP contribution in [0.1, 0.15) is 12.0 Å². The molecule has 0 unspecified atom stereocenters. The van der Waals surface area contributed by atoms with Crippen LogP contribution in [0.15, 0.2) is 54.7 Å². The maximum absolute atomic E-state index is 12.7. The van der Waals surface area contributed by atoms with Gasteiger partial charge in [0.1, 0.15) is 5.75 Å². The fourth-order valence-electron chi connectivity index (χ4n) is 3.74. The predicted molar refractivity (Wildman–Crippen MR) is 108 cm³/mol. The maximum Gasteiger partial charge on any atom is 0.229 e. The van der Waals surface area contributed by atoms with E-state index in [0.717, 1.165) is 22.2 Å². The highest BCUT2D eigenvalue weighted by Crippen LogP contribution is 2.26. The zero-order chi connectivity index (χ0) is 19.7. The minimum absolute atomic E-state index is 0.0110. The van der Waals surface area contributed by atoms with Gasteiger partial charge in [-0.15, -0.1) is 0 Å². The van der Waals surface area contributed by atoms with Crippen molar-refractivity contribution in [2.75, 3.05) is 18.4 Å². The Morgan fingerprint density at radius 3 is 2.75 bits per heavy atom. The molecule has 1 atom stereocenters. The number of fused-ring (bicyclic) bond motifs is 1. The molecule has 1 aliphatic heterocycles. The maximum atomic E-state index is 12.7. The molecular formula is C22H23N3O3. The lowest BCUT2D eigenvalue weighted by atomic mass is 10.1. The third-order valence-electron chi connectivity index (χ3n) is 5.38. The van der Waals surface area contributed by atoms with Crippen LogP contribution in [0, 0.1) is 5.92 Å². The first-order chi connectivity index (χ1) is 13.5. The molecule has 1 fully saturated rings. The lowest BCUT2D eigenvalue weighted by Gasteiger charge is -2.17. The Kier molecular flexibility index (Phi) is 4.77. The molecule has 0 saturated carbocycles. The summed E-state index contributed by atoms with van der Waals surface area (Å²) in [6.45, 7) is 1.01. The fraction of sp³-hybridized carbons (Fsp3) is 0.273. The van der Waals surface area contributed by atoms with Gasteiger partial charge in [0.05, 0.1) is 11.6 Å². The van der Waals surface area contributed by atoms with E-state index in [-0.39, 0.29) is 29.9 Å². The van der Waals surface area contributed by atoms with E-state index in [1.165, 1.54) is 0 Å². The highest BCUT2D eigenvalue weighted by Gasteiger charge is 2.34. The number of benzene rings is 2. The number of aromatic hydroxyl groups is 1. The summed E-state index contributed by atoms with van der Waals surface area (Å²) < 4.78 is 2.01. The van der Waals surface area contributed by atoms with Crippen molar-refractivity contribution in [2.24, 2.45) is 13.0 Å². The second-order valence-electron chi connectivity index (χ2n) is 7.31. The Hall–Kier alpha value is -3.28. The molecule has 0 bridgehead atoms. The van der Waals surface area contributed by atoms with Crippen LogP contribution in [0.5, 0.6) is 5.75 Å². The summed E-state index contributed by atoms with van der Waals surface area (Å²) in [5, 5.41) is 13.3. The fourth-order valence-corrected chi connectivity index (χ4v) is 3.74. The van der Waals surface area contributed by atoms with Gasteiger partial charge in [-0.2, -0.15) is 0 Å². The third-order valence-corrected chi connectivity index (χ3v) is 5.38. The number of carbonyl (C=O) groups excluding carboxylic acids is 2. The summed E-state index contributed by atoms with van der Waals surface area (Å²) in [4.78, 5) is 26.8. The monoisotopic (exact) mass is 377 g/mol. The number of anilines is 1. The van der Waals surface area contributed by atoms with E-state index in [9.17, 15) is 14.7 Å². The van der Waals surface area contributed by atoms with E-state index in [4.69, 9.17) is 0 Å². The van der Waals surface area contributed by atoms with Gasteiger partial charge in [-0.3, -0.25) is 9.59 Å². The van der Waals surface area contributed by atoms with Crippen LogP contribution in [0.3, 0.4) is 0 Å². The standard InChI is InChI=1S/C22H23N3O3/c1-24-11-10-18-19(3-2-4-20(18)24)23-22(28)16-13-21(27)25(14-16)12-9-15-5-7-17(26)8-6-15/h2-8,10-11,16,26H,9,12-14H2,1H3,(H,23,28)/t16-/m1/s1. The molecule has 2 N–H and O–H groups in total. The molecule has 144 valence electrons. The average molecular weight is 377 g/mol. The molecule has 2 heterocycles. The zero-order valence-electron chi connectivity index (χ0n) is 15.8. The molecule has 0 aliphatic carbocycles. The Balaban J connectivity index is 1.39. The number of hydrogen-bond donors (Lipinski definition) is 2. The molecule has 6 nitrogen and oxygen atoms in total. The molecule has 2 aromatic carbocycles. The Morgan fingerprint density at radius 2 is 1.96 bits per heavy atom. The van der Waals surface area contributed by atoms with Crippen molar-refractivity contribution in [3.05, 3.63) is 60.3 Å². The number of amides is 2. The van der Waals surface area contributed by atoms with Crippen LogP contribution < -0.4 is 5.32 Å². The zero-order valence-corrected chi connectivity index (χ0v) is 15.8. The number of rotatable bonds is 5. The molecule has 6 heteroatoms. The number of nitrogens with one attached hydrogen (secondary N) is 1. The molecule has 1 aromatic heterocycles. The summed E-state index contributed by atoms with van der Waals surface area (Å²) in [7, 11) is 1.97.